The van der Waals surface area contributed by atoms with E-state index in [1.807, 2.05) is 25.1 Å². The summed E-state index contributed by atoms with van der Waals surface area (Å²) in [6, 6.07) is 18.4. The Morgan fingerprint density at radius 1 is 0.875 bits per heavy atom. The van der Waals surface area contributed by atoms with Crippen LogP contribution < -0.4 is 24.8 Å². The number of halogens is 4. The number of anilines is 1. The highest BCUT2D eigenvalue weighted by atomic mass is 79.9. The number of carbonyl (C=O) groups excluding carboxylic acids is 4. The summed E-state index contributed by atoms with van der Waals surface area (Å²) in [4.78, 5) is 60.4. The monoisotopic (exact) mass is 967 g/mol. The number of carbonyl (C=O) groups is 4. The number of hydrogen-bond acceptors (Lipinski definition) is 11. The van der Waals surface area contributed by atoms with Crippen LogP contribution in [0.3, 0.4) is 0 Å². The molecule has 3 aliphatic heterocycles. The summed E-state index contributed by atoms with van der Waals surface area (Å²) < 4.78 is 59.6. The molecule has 4 heterocycles. The molecule has 1 aliphatic carbocycles. The maximum Gasteiger partial charge on any atom is 0.586 e. The Morgan fingerprint density at radius 3 is 2.36 bits per heavy atom. The number of alkyl halides is 2. The summed E-state index contributed by atoms with van der Waals surface area (Å²) >= 11 is 9.59. The second kappa shape index (κ2) is 19.4. The normalized spacial score (nSPS) is 17.7. The van der Waals surface area contributed by atoms with Crippen LogP contribution in [0.4, 0.5) is 14.6 Å². The Hall–Kier alpha value is -5.40. The summed E-state index contributed by atoms with van der Waals surface area (Å²) in [5.41, 5.74) is 3.02. The minimum atomic E-state index is -3.75. The van der Waals surface area contributed by atoms with Gasteiger partial charge in [0, 0.05) is 60.9 Å². The second-order valence-electron chi connectivity index (χ2n) is 15.7. The van der Waals surface area contributed by atoms with Crippen molar-refractivity contribution in [3.63, 3.8) is 0 Å². The molecule has 1 atom stereocenters. The van der Waals surface area contributed by atoms with Gasteiger partial charge in [-0.1, -0.05) is 35.9 Å². The molecule has 19 heteroatoms. The predicted octanol–water partition coefficient (Wildman–Crippen LogP) is 5.92. The molecule has 0 spiro atoms. The van der Waals surface area contributed by atoms with Crippen LogP contribution in [0, 0.1) is 6.92 Å². The van der Waals surface area contributed by atoms with Gasteiger partial charge < -0.3 is 48.9 Å². The minimum absolute atomic E-state index is 0.0869. The number of hydrogen-bond donors (Lipinski definition) is 2. The average molecular weight is 969 g/mol. The summed E-state index contributed by atoms with van der Waals surface area (Å²) in [6.07, 6.45) is -2.87. The Labute approximate surface area is 380 Å². The van der Waals surface area contributed by atoms with Gasteiger partial charge in [-0.15, -0.1) is 8.78 Å². The van der Waals surface area contributed by atoms with Gasteiger partial charge in [-0.2, -0.15) is 0 Å². The molecule has 8 rings (SSSR count). The first-order valence-electron chi connectivity index (χ1n) is 20.8. The van der Waals surface area contributed by atoms with Crippen molar-refractivity contribution in [3.8, 4) is 28.5 Å². The van der Waals surface area contributed by atoms with Crippen molar-refractivity contribution < 1.29 is 56.4 Å². The zero-order valence-electron chi connectivity index (χ0n) is 34.8. The van der Waals surface area contributed by atoms with E-state index in [4.69, 9.17) is 35.5 Å². The van der Waals surface area contributed by atoms with Crippen molar-refractivity contribution in [3.05, 3.63) is 98.5 Å². The summed E-state index contributed by atoms with van der Waals surface area (Å²) in [6.45, 7) is 5.03. The van der Waals surface area contributed by atoms with Gasteiger partial charge in [0.05, 0.1) is 48.6 Å². The van der Waals surface area contributed by atoms with Crippen molar-refractivity contribution in [2.45, 2.75) is 44.0 Å². The minimum Gasteiger partial charge on any atom is -0.479 e. The lowest BCUT2D eigenvalue weighted by Crippen LogP contribution is -2.54. The van der Waals surface area contributed by atoms with Crippen molar-refractivity contribution in [2.75, 3.05) is 77.7 Å². The number of fused-ring (bicyclic) bond motifs is 2. The highest BCUT2D eigenvalue weighted by molar-refractivity contribution is 9.10. The van der Waals surface area contributed by atoms with Gasteiger partial charge in [-0.25, -0.2) is 4.98 Å². The van der Waals surface area contributed by atoms with E-state index in [-0.39, 0.29) is 68.1 Å². The molecule has 1 saturated heterocycles. The van der Waals surface area contributed by atoms with Crippen LogP contribution >= 0.6 is 27.5 Å². The molecule has 1 aromatic heterocycles. The van der Waals surface area contributed by atoms with Gasteiger partial charge in [0.25, 0.3) is 11.8 Å². The maximum atomic E-state index is 13.6. The molecule has 2 N–H and O–H groups in total. The van der Waals surface area contributed by atoms with E-state index < -0.39 is 17.8 Å². The number of benzene rings is 3. The van der Waals surface area contributed by atoms with E-state index in [9.17, 15) is 28.0 Å². The molecular formula is C45H45BrClF2N5O10. The van der Waals surface area contributed by atoms with Crippen LogP contribution in [0.5, 0.6) is 17.2 Å². The summed E-state index contributed by atoms with van der Waals surface area (Å²) in [5.74, 6) is -0.136. The third-order valence-electron chi connectivity index (χ3n) is 11.3. The second-order valence-corrected chi connectivity index (χ2v) is 17.0. The number of aromatic nitrogens is 1. The van der Waals surface area contributed by atoms with Gasteiger partial charge in [0.15, 0.2) is 17.6 Å². The van der Waals surface area contributed by atoms with E-state index in [2.05, 4.69) is 36.0 Å². The van der Waals surface area contributed by atoms with Crippen molar-refractivity contribution in [2.24, 2.45) is 0 Å². The van der Waals surface area contributed by atoms with Crippen LogP contribution in [-0.4, -0.2) is 123 Å². The molecule has 4 amide bonds. The van der Waals surface area contributed by atoms with E-state index >= 15 is 0 Å². The van der Waals surface area contributed by atoms with Gasteiger partial charge in [-0.05, 0) is 89.3 Å². The first-order chi connectivity index (χ1) is 30.8. The zero-order valence-corrected chi connectivity index (χ0v) is 37.1. The van der Waals surface area contributed by atoms with Crippen molar-refractivity contribution in [1.29, 1.82) is 0 Å². The zero-order chi connectivity index (χ0) is 45.0. The van der Waals surface area contributed by atoms with Crippen LogP contribution in [0.25, 0.3) is 11.3 Å². The van der Waals surface area contributed by atoms with E-state index in [0.717, 1.165) is 11.1 Å². The molecule has 2 fully saturated rings. The fraction of sp³-hybridized carbons (Fsp3) is 0.400. The van der Waals surface area contributed by atoms with Gasteiger partial charge in [0.1, 0.15) is 18.2 Å². The lowest BCUT2D eigenvalue weighted by atomic mass is 9.94. The number of rotatable bonds is 17. The van der Waals surface area contributed by atoms with E-state index in [1.54, 1.807) is 46.2 Å². The first kappa shape index (κ1) is 45.2. The number of amides is 4. The smallest absolute Gasteiger partial charge is 0.479 e. The lowest BCUT2D eigenvalue weighted by molar-refractivity contribution is -0.286. The Kier molecular flexibility index (Phi) is 13.7. The van der Waals surface area contributed by atoms with Crippen molar-refractivity contribution >= 4 is 57.0 Å². The number of nitrogens with one attached hydrogen (secondary N) is 2. The number of nitrogens with zero attached hydrogens (tertiary/aromatic N) is 3. The van der Waals surface area contributed by atoms with Crippen molar-refractivity contribution in [1.82, 2.24) is 20.1 Å². The largest absolute Gasteiger partial charge is 0.586 e. The molecule has 15 nitrogen and oxygen atoms in total. The van der Waals surface area contributed by atoms with Gasteiger partial charge in [0.2, 0.25) is 11.8 Å². The SMILES string of the molecule is Cc1ccc(NC(=O)C2(c3ccc4c(c3)OC(F)(F)O4)CC2)nc1-c1cccc(C(=O)NCCOCCOCCOCC(=O)N2CCN(C(=O)[C@H]3Cc4cc(Cl)cc(Br)c4O3)CC2)c1. The molecule has 1 saturated carbocycles. The lowest BCUT2D eigenvalue weighted by Gasteiger charge is -2.35. The highest BCUT2D eigenvalue weighted by Gasteiger charge is 2.53. The molecule has 3 aromatic carbocycles. The number of piperazine rings is 1. The molecule has 338 valence electrons. The molecular weight excluding hydrogens is 924 g/mol. The quantitative estimate of drug-likeness (QED) is 0.121. The Bertz CT molecular complexity index is 2430. The van der Waals surface area contributed by atoms with Crippen LogP contribution in [0.2, 0.25) is 5.02 Å². The van der Waals surface area contributed by atoms with Crippen LogP contribution in [0.1, 0.15) is 39.9 Å². The molecule has 0 unspecified atom stereocenters. The highest BCUT2D eigenvalue weighted by Crippen LogP contribution is 2.52. The molecule has 4 aromatic rings. The maximum absolute atomic E-state index is 13.6. The van der Waals surface area contributed by atoms with E-state index in [0.29, 0.717) is 102 Å². The molecule has 0 bridgehead atoms. The standard InChI is InChI=1S/C45H45BrClF2N5O10/c1-27-5-8-37(52-43(58)44(9-10-44)31-6-7-34-35(24-31)64-45(48,49)63-34)51-39(27)28-3-2-4-29(21-28)41(56)50-11-16-59-17-18-60-19-20-61-26-38(55)53-12-14-54(15-13-53)42(57)36-23-30-22-32(47)25-33(46)40(30)62-36/h2-8,21-22,24-25,36H,9-20,23,26H2,1H3,(H,50,56)(H,51,52,58)/t36-/m1/s1. The fourth-order valence-corrected chi connectivity index (χ4v) is 8.75. The number of aryl methyl sites for hydroxylation is 1. The topological polar surface area (TPSA) is 167 Å². The van der Waals surface area contributed by atoms with Crippen LogP contribution in [-0.2, 0) is 40.4 Å². The first-order valence-corrected chi connectivity index (χ1v) is 22.0. The molecule has 64 heavy (non-hydrogen) atoms. The third-order valence-corrected chi connectivity index (χ3v) is 12.2. The average Bonchev–Trinajstić information content (AvgIpc) is 3.88. The Balaban J connectivity index is 0.690. The Morgan fingerprint density at radius 2 is 1.59 bits per heavy atom. The predicted molar refractivity (Wildman–Crippen MR) is 232 cm³/mol. The number of pyridine rings is 1. The molecule has 4 aliphatic rings. The van der Waals surface area contributed by atoms with Gasteiger partial charge >= 0.3 is 6.29 Å². The van der Waals surface area contributed by atoms with Crippen LogP contribution in [0.15, 0.2) is 71.2 Å². The van der Waals surface area contributed by atoms with E-state index in [1.165, 1.54) is 12.1 Å². The van der Waals surface area contributed by atoms with Gasteiger partial charge in [-0.3, -0.25) is 19.2 Å². The fourth-order valence-electron chi connectivity index (χ4n) is 7.78. The summed E-state index contributed by atoms with van der Waals surface area (Å²) in [5, 5.41) is 6.30. The summed E-state index contributed by atoms with van der Waals surface area (Å²) in [7, 11) is 0. The number of ether oxygens (including phenoxy) is 6. The third kappa shape index (κ3) is 10.4. The molecule has 0 radical (unpaired) electrons.